The van der Waals surface area contributed by atoms with Gasteiger partial charge in [0.25, 0.3) is 0 Å². The number of sulfonamides is 1. The molecule has 5 nitrogen and oxygen atoms in total. The van der Waals surface area contributed by atoms with Crippen LogP contribution in [0.1, 0.15) is 12.0 Å². The molecule has 0 saturated heterocycles. The van der Waals surface area contributed by atoms with Crippen LogP contribution < -0.4 is 10.5 Å². The molecular formula is C13H17N3O2S. The highest BCUT2D eigenvalue weighted by atomic mass is 32.2. The van der Waals surface area contributed by atoms with Crippen LogP contribution in [-0.2, 0) is 10.0 Å². The van der Waals surface area contributed by atoms with Gasteiger partial charge in [0.15, 0.2) is 0 Å². The van der Waals surface area contributed by atoms with Crippen molar-refractivity contribution in [1.82, 2.24) is 9.71 Å². The molecular weight excluding hydrogens is 262 g/mol. The summed E-state index contributed by atoms with van der Waals surface area (Å²) >= 11 is 0. The molecule has 102 valence electrons. The van der Waals surface area contributed by atoms with Gasteiger partial charge in [-0.1, -0.05) is 6.07 Å². The van der Waals surface area contributed by atoms with Crippen molar-refractivity contribution in [1.29, 1.82) is 0 Å². The van der Waals surface area contributed by atoms with Gasteiger partial charge in [0, 0.05) is 18.1 Å². The fourth-order valence-corrected chi connectivity index (χ4v) is 3.18. The van der Waals surface area contributed by atoms with Crippen LogP contribution in [-0.4, -0.2) is 26.5 Å². The normalized spacial score (nSPS) is 11.9. The molecule has 1 heterocycles. The average Bonchev–Trinajstić information content (AvgIpc) is 2.39. The van der Waals surface area contributed by atoms with E-state index in [1.807, 2.05) is 6.92 Å². The van der Waals surface area contributed by atoms with Crippen molar-refractivity contribution in [3.05, 3.63) is 36.0 Å². The smallest absolute Gasteiger partial charge is 0.241 e. The van der Waals surface area contributed by atoms with Crippen molar-refractivity contribution in [3.63, 3.8) is 0 Å². The van der Waals surface area contributed by atoms with E-state index in [4.69, 9.17) is 5.73 Å². The molecule has 2 rings (SSSR count). The van der Waals surface area contributed by atoms with E-state index in [9.17, 15) is 8.42 Å². The molecule has 0 atom stereocenters. The van der Waals surface area contributed by atoms with Gasteiger partial charge in [0.2, 0.25) is 10.0 Å². The van der Waals surface area contributed by atoms with Crippen molar-refractivity contribution in [3.8, 4) is 0 Å². The highest BCUT2D eigenvalue weighted by molar-refractivity contribution is 7.89. The first kappa shape index (κ1) is 13.9. The van der Waals surface area contributed by atoms with E-state index in [2.05, 4.69) is 9.71 Å². The van der Waals surface area contributed by atoms with Crippen molar-refractivity contribution in [2.75, 3.05) is 13.1 Å². The van der Waals surface area contributed by atoms with Gasteiger partial charge in [0.05, 0.1) is 10.4 Å². The molecule has 0 unspecified atom stereocenters. The van der Waals surface area contributed by atoms with Crippen LogP contribution >= 0.6 is 0 Å². The maximum atomic E-state index is 12.3. The lowest BCUT2D eigenvalue weighted by Gasteiger charge is -2.10. The number of nitrogens with one attached hydrogen (secondary N) is 1. The summed E-state index contributed by atoms with van der Waals surface area (Å²) in [6, 6.07) is 6.89. The van der Waals surface area contributed by atoms with Gasteiger partial charge in [-0.2, -0.15) is 0 Å². The fourth-order valence-electron chi connectivity index (χ4n) is 1.91. The van der Waals surface area contributed by atoms with Crippen molar-refractivity contribution < 1.29 is 8.42 Å². The number of aryl methyl sites for hydroxylation is 1. The van der Waals surface area contributed by atoms with Crippen LogP contribution in [0.4, 0.5) is 0 Å². The molecule has 1 aromatic heterocycles. The SMILES string of the molecule is Cc1ccc(S(=O)(=O)NCCCN)c2cccnc12. The van der Waals surface area contributed by atoms with E-state index < -0.39 is 10.0 Å². The van der Waals surface area contributed by atoms with Crippen LogP contribution in [0.15, 0.2) is 35.4 Å². The Kier molecular flexibility index (Phi) is 4.14. The van der Waals surface area contributed by atoms with Gasteiger partial charge in [-0.25, -0.2) is 13.1 Å². The number of aromatic nitrogens is 1. The highest BCUT2D eigenvalue weighted by Crippen LogP contribution is 2.23. The number of nitrogens with zero attached hydrogens (tertiary/aromatic N) is 1. The molecule has 0 bridgehead atoms. The molecule has 0 amide bonds. The third-order valence-electron chi connectivity index (χ3n) is 2.89. The summed E-state index contributed by atoms with van der Waals surface area (Å²) in [6.45, 7) is 2.71. The van der Waals surface area contributed by atoms with Crippen molar-refractivity contribution in [2.45, 2.75) is 18.2 Å². The number of fused-ring (bicyclic) bond motifs is 1. The molecule has 0 aliphatic heterocycles. The quantitative estimate of drug-likeness (QED) is 0.805. The Morgan fingerprint density at radius 2 is 2.11 bits per heavy atom. The van der Waals surface area contributed by atoms with E-state index >= 15 is 0 Å². The van der Waals surface area contributed by atoms with Crippen LogP contribution in [0, 0.1) is 6.92 Å². The summed E-state index contributed by atoms with van der Waals surface area (Å²) in [7, 11) is -3.52. The Labute approximate surface area is 112 Å². The molecule has 0 spiro atoms. The number of hydrogen-bond donors (Lipinski definition) is 2. The van der Waals surface area contributed by atoms with Crippen LogP contribution in [0.2, 0.25) is 0 Å². The number of benzene rings is 1. The number of pyridine rings is 1. The second-order valence-electron chi connectivity index (χ2n) is 4.32. The van der Waals surface area contributed by atoms with Gasteiger partial charge < -0.3 is 5.73 Å². The van der Waals surface area contributed by atoms with Gasteiger partial charge in [0.1, 0.15) is 0 Å². The van der Waals surface area contributed by atoms with Crippen LogP contribution in [0.3, 0.4) is 0 Å². The molecule has 0 radical (unpaired) electrons. The summed E-state index contributed by atoms with van der Waals surface area (Å²) in [6.07, 6.45) is 2.27. The maximum Gasteiger partial charge on any atom is 0.241 e. The Hall–Kier alpha value is -1.50. The zero-order valence-corrected chi connectivity index (χ0v) is 11.6. The van der Waals surface area contributed by atoms with E-state index in [1.54, 1.807) is 30.5 Å². The summed E-state index contributed by atoms with van der Waals surface area (Å²) in [5.74, 6) is 0. The number of rotatable bonds is 5. The minimum absolute atomic E-state index is 0.262. The Morgan fingerprint density at radius 1 is 1.32 bits per heavy atom. The summed E-state index contributed by atoms with van der Waals surface area (Å²) in [5, 5.41) is 0.641. The molecule has 0 aliphatic carbocycles. The molecule has 0 saturated carbocycles. The van der Waals surface area contributed by atoms with E-state index in [-0.39, 0.29) is 4.90 Å². The van der Waals surface area contributed by atoms with E-state index in [1.165, 1.54) is 0 Å². The second-order valence-corrected chi connectivity index (χ2v) is 6.06. The highest BCUT2D eigenvalue weighted by Gasteiger charge is 2.17. The minimum Gasteiger partial charge on any atom is -0.330 e. The third kappa shape index (κ3) is 2.91. The van der Waals surface area contributed by atoms with E-state index in [0.717, 1.165) is 5.56 Å². The molecule has 6 heteroatoms. The first-order chi connectivity index (χ1) is 9.06. The van der Waals surface area contributed by atoms with Crippen LogP contribution in [0.25, 0.3) is 10.9 Å². The van der Waals surface area contributed by atoms with Crippen LogP contribution in [0.5, 0.6) is 0 Å². The van der Waals surface area contributed by atoms with Crippen molar-refractivity contribution in [2.24, 2.45) is 5.73 Å². The minimum atomic E-state index is -3.52. The van der Waals surface area contributed by atoms with Crippen molar-refractivity contribution >= 4 is 20.9 Å². The first-order valence-electron chi connectivity index (χ1n) is 6.10. The van der Waals surface area contributed by atoms with Gasteiger partial charge in [-0.3, -0.25) is 4.98 Å². The molecule has 0 aliphatic rings. The first-order valence-corrected chi connectivity index (χ1v) is 7.58. The zero-order valence-electron chi connectivity index (χ0n) is 10.8. The Bertz CT molecular complexity index is 683. The number of hydrogen-bond acceptors (Lipinski definition) is 4. The fraction of sp³-hybridized carbons (Fsp3) is 0.308. The predicted molar refractivity (Wildman–Crippen MR) is 75.3 cm³/mol. The lowest BCUT2D eigenvalue weighted by atomic mass is 10.1. The standard InChI is InChI=1S/C13H17N3O2S/c1-10-5-6-12(11-4-2-8-15-13(10)11)19(17,18)16-9-3-7-14/h2,4-6,8,16H,3,7,9,14H2,1H3. The Morgan fingerprint density at radius 3 is 2.84 bits per heavy atom. The molecule has 19 heavy (non-hydrogen) atoms. The third-order valence-corrected chi connectivity index (χ3v) is 4.41. The lowest BCUT2D eigenvalue weighted by molar-refractivity contribution is 0.580. The molecule has 2 aromatic rings. The summed E-state index contributed by atoms with van der Waals surface area (Å²) < 4.78 is 27.1. The largest absolute Gasteiger partial charge is 0.330 e. The lowest BCUT2D eigenvalue weighted by Crippen LogP contribution is -2.26. The zero-order chi connectivity index (χ0) is 13.9. The molecule has 3 N–H and O–H groups in total. The topological polar surface area (TPSA) is 85.1 Å². The molecule has 1 aromatic carbocycles. The monoisotopic (exact) mass is 279 g/mol. The summed E-state index contributed by atoms with van der Waals surface area (Å²) in [4.78, 5) is 4.50. The van der Waals surface area contributed by atoms with Gasteiger partial charge in [-0.05, 0) is 43.7 Å². The summed E-state index contributed by atoms with van der Waals surface area (Å²) in [5.41, 5.74) is 7.03. The second kappa shape index (κ2) is 5.64. The maximum absolute atomic E-state index is 12.3. The molecule has 0 fully saturated rings. The number of nitrogens with two attached hydrogens (primary N) is 1. The predicted octanol–water partition coefficient (Wildman–Crippen LogP) is 1.17. The van der Waals surface area contributed by atoms with E-state index in [0.29, 0.717) is 30.4 Å². The average molecular weight is 279 g/mol. The van der Waals surface area contributed by atoms with Gasteiger partial charge >= 0.3 is 0 Å². The van der Waals surface area contributed by atoms with Gasteiger partial charge in [-0.15, -0.1) is 0 Å². The Balaban J connectivity index is 2.48.